The highest BCUT2D eigenvalue weighted by molar-refractivity contribution is 5.91. The average Bonchev–Trinajstić information content (AvgIpc) is 3.43. The fourth-order valence-corrected chi connectivity index (χ4v) is 6.75. The number of alkyl halides is 3. The van der Waals surface area contributed by atoms with Crippen molar-refractivity contribution in [3.8, 4) is 22.6 Å². The predicted molar refractivity (Wildman–Crippen MR) is 166 cm³/mol. The number of pyridine rings is 1. The van der Waals surface area contributed by atoms with Crippen molar-refractivity contribution in [3.63, 3.8) is 0 Å². The summed E-state index contributed by atoms with van der Waals surface area (Å²) in [6.07, 6.45) is 0.138. The first-order chi connectivity index (χ1) is 21.9. The smallest absolute Gasteiger partial charge is 0.384 e. The zero-order chi connectivity index (χ0) is 32.6. The Labute approximate surface area is 264 Å². The van der Waals surface area contributed by atoms with Gasteiger partial charge in [-0.3, -0.25) is 4.79 Å². The number of piperidine rings is 1. The van der Waals surface area contributed by atoms with Crippen molar-refractivity contribution in [2.45, 2.75) is 51.1 Å². The third-order valence-electron chi connectivity index (χ3n) is 9.18. The number of ether oxygens (including phenoxy) is 1. The fraction of sp³-hybridized carbons (Fsp3) is 0.441. The minimum Gasteiger partial charge on any atom is -0.384 e. The fourth-order valence-electron chi connectivity index (χ4n) is 6.75. The molecular formula is C34H37F4N5O3. The lowest BCUT2D eigenvalue weighted by Gasteiger charge is -2.44. The molecule has 2 aromatic carbocycles. The molecule has 1 aliphatic heterocycles. The Kier molecular flexibility index (Phi) is 8.77. The van der Waals surface area contributed by atoms with E-state index in [0.717, 1.165) is 49.8 Å². The van der Waals surface area contributed by atoms with E-state index in [1.54, 1.807) is 18.2 Å². The quantitative estimate of drug-likeness (QED) is 0.192. The van der Waals surface area contributed by atoms with E-state index in [1.807, 2.05) is 19.2 Å². The van der Waals surface area contributed by atoms with Crippen LogP contribution in [-0.4, -0.2) is 66.4 Å². The summed E-state index contributed by atoms with van der Waals surface area (Å²) in [6.45, 7) is 4.00. The molecule has 1 saturated heterocycles. The number of aromatic amines is 1. The third-order valence-corrected chi connectivity index (χ3v) is 9.18. The lowest BCUT2D eigenvalue weighted by Crippen LogP contribution is -2.44. The van der Waals surface area contributed by atoms with E-state index < -0.39 is 17.6 Å². The van der Waals surface area contributed by atoms with Gasteiger partial charge in [-0.05, 0) is 61.4 Å². The number of rotatable bonds is 9. The molecule has 3 heterocycles. The number of hydrogen-bond acceptors (Lipinski definition) is 7. The van der Waals surface area contributed by atoms with E-state index in [-0.39, 0.29) is 22.6 Å². The van der Waals surface area contributed by atoms with Crippen LogP contribution in [0.15, 0.2) is 48.5 Å². The number of fused-ring (bicyclic) bond motifs is 1. The Hall–Kier alpha value is -4.03. The van der Waals surface area contributed by atoms with Crippen LogP contribution in [0.5, 0.6) is 0 Å². The van der Waals surface area contributed by atoms with E-state index in [4.69, 9.17) is 14.6 Å². The number of nitrogens with one attached hydrogen (secondary N) is 1. The number of aromatic nitrogens is 3. The van der Waals surface area contributed by atoms with Gasteiger partial charge < -0.3 is 19.5 Å². The molecule has 2 fully saturated rings. The molecule has 0 amide bonds. The Balaban J connectivity index is 1.34. The maximum absolute atomic E-state index is 14.4. The molecule has 0 radical (unpaired) electrons. The van der Waals surface area contributed by atoms with Crippen LogP contribution < -0.4 is 4.90 Å². The van der Waals surface area contributed by atoms with Gasteiger partial charge in [0.2, 0.25) is 0 Å². The standard InChI is InChI=1S/C34H37F4N5O3/c1-21(44)46-43-13-9-23(10-14-43)22-5-7-24(8-6-22)31-40-30-29(42(2)19-33(20-45-3)11-4-12-33)18-28(39-32(30)41-31)25-15-26(34(36,37)38)17-27(35)16-25/h5-8,15-18,23H,4,9-14,19-20H2,1-3H3,(H,39,40,41). The molecule has 0 spiro atoms. The van der Waals surface area contributed by atoms with Crippen LogP contribution in [0.3, 0.4) is 0 Å². The van der Waals surface area contributed by atoms with Crippen molar-refractivity contribution >= 4 is 22.8 Å². The summed E-state index contributed by atoms with van der Waals surface area (Å²) < 4.78 is 60.7. The number of anilines is 1. The second-order valence-corrected chi connectivity index (χ2v) is 12.6. The van der Waals surface area contributed by atoms with Crippen LogP contribution in [0.2, 0.25) is 0 Å². The number of carbonyl (C=O) groups is 1. The summed E-state index contributed by atoms with van der Waals surface area (Å²) in [4.78, 5) is 31.3. The first-order valence-corrected chi connectivity index (χ1v) is 15.5. The molecule has 2 aromatic heterocycles. The normalized spacial score (nSPS) is 17.2. The second kappa shape index (κ2) is 12.6. The van der Waals surface area contributed by atoms with Gasteiger partial charge in [-0.2, -0.15) is 13.2 Å². The number of H-pyrrole nitrogens is 1. The summed E-state index contributed by atoms with van der Waals surface area (Å²) in [6, 6.07) is 12.3. The van der Waals surface area contributed by atoms with Gasteiger partial charge in [0.05, 0.1) is 23.6 Å². The van der Waals surface area contributed by atoms with Crippen LogP contribution in [0.4, 0.5) is 23.2 Å². The van der Waals surface area contributed by atoms with Gasteiger partial charge >= 0.3 is 12.1 Å². The van der Waals surface area contributed by atoms with Gasteiger partial charge in [0.1, 0.15) is 17.2 Å². The average molecular weight is 640 g/mol. The van der Waals surface area contributed by atoms with Crippen LogP contribution in [0.1, 0.15) is 56.1 Å². The summed E-state index contributed by atoms with van der Waals surface area (Å²) in [5.74, 6) is -0.407. The molecule has 1 aliphatic carbocycles. The van der Waals surface area contributed by atoms with Gasteiger partial charge in [0, 0.05) is 57.3 Å². The largest absolute Gasteiger partial charge is 0.416 e. The predicted octanol–water partition coefficient (Wildman–Crippen LogP) is 7.36. The third kappa shape index (κ3) is 6.73. The van der Waals surface area contributed by atoms with E-state index >= 15 is 0 Å². The molecule has 1 saturated carbocycles. The highest BCUT2D eigenvalue weighted by Crippen LogP contribution is 2.43. The molecule has 0 unspecified atom stereocenters. The number of nitrogens with zero attached hydrogens (tertiary/aromatic N) is 4. The van der Waals surface area contributed by atoms with Gasteiger partial charge in [-0.1, -0.05) is 30.7 Å². The number of hydrogen-bond donors (Lipinski definition) is 1. The summed E-state index contributed by atoms with van der Waals surface area (Å²) >= 11 is 0. The van der Waals surface area contributed by atoms with Crippen molar-refractivity contribution in [1.82, 2.24) is 20.0 Å². The summed E-state index contributed by atoms with van der Waals surface area (Å²) in [7, 11) is 3.62. The molecule has 4 aromatic rings. The van der Waals surface area contributed by atoms with Gasteiger partial charge in [0.25, 0.3) is 0 Å². The highest BCUT2D eigenvalue weighted by Gasteiger charge is 2.38. The number of hydroxylamine groups is 2. The first-order valence-electron chi connectivity index (χ1n) is 15.5. The maximum atomic E-state index is 14.4. The Bertz CT molecular complexity index is 1710. The van der Waals surface area contributed by atoms with E-state index in [0.29, 0.717) is 60.9 Å². The molecule has 12 heteroatoms. The van der Waals surface area contributed by atoms with Gasteiger partial charge in [-0.15, -0.1) is 5.06 Å². The SMILES string of the molecule is COCC1(CN(C)c2cc(-c3cc(F)cc(C(F)(F)F)c3)nc3nc(-c4ccc(C5CCN(OC(C)=O)CC5)cc4)[nH]c23)CCC1. The second-order valence-electron chi connectivity index (χ2n) is 12.6. The molecule has 244 valence electrons. The van der Waals surface area contributed by atoms with E-state index in [2.05, 4.69) is 27.0 Å². The minimum atomic E-state index is -4.71. The summed E-state index contributed by atoms with van der Waals surface area (Å²) in [5, 5.41) is 1.70. The minimum absolute atomic E-state index is 0.0211. The Morgan fingerprint density at radius 2 is 1.78 bits per heavy atom. The Morgan fingerprint density at radius 3 is 2.39 bits per heavy atom. The molecule has 0 atom stereocenters. The zero-order valence-corrected chi connectivity index (χ0v) is 26.1. The van der Waals surface area contributed by atoms with Crippen LogP contribution in [0.25, 0.3) is 33.8 Å². The van der Waals surface area contributed by atoms with Gasteiger partial charge in [-0.25, -0.2) is 14.4 Å². The van der Waals surface area contributed by atoms with Crippen molar-refractivity contribution in [2.75, 3.05) is 45.3 Å². The zero-order valence-electron chi connectivity index (χ0n) is 26.1. The number of benzene rings is 2. The maximum Gasteiger partial charge on any atom is 0.416 e. The molecular weight excluding hydrogens is 602 g/mol. The van der Waals surface area contributed by atoms with Crippen LogP contribution in [-0.2, 0) is 20.5 Å². The van der Waals surface area contributed by atoms with Crippen molar-refractivity contribution in [1.29, 1.82) is 0 Å². The Morgan fingerprint density at radius 1 is 1.07 bits per heavy atom. The molecule has 2 aliphatic rings. The van der Waals surface area contributed by atoms with Crippen LogP contribution >= 0.6 is 0 Å². The molecule has 46 heavy (non-hydrogen) atoms. The van der Waals surface area contributed by atoms with Gasteiger partial charge in [0.15, 0.2) is 5.65 Å². The van der Waals surface area contributed by atoms with E-state index in [1.165, 1.54) is 12.5 Å². The lowest BCUT2D eigenvalue weighted by atomic mass is 9.69. The highest BCUT2D eigenvalue weighted by atomic mass is 19.4. The lowest BCUT2D eigenvalue weighted by molar-refractivity contribution is -0.192. The van der Waals surface area contributed by atoms with E-state index in [9.17, 15) is 22.4 Å². The summed E-state index contributed by atoms with van der Waals surface area (Å²) in [5.41, 5.74) is 2.78. The molecule has 0 bridgehead atoms. The molecule has 6 rings (SSSR count). The number of carbonyl (C=O) groups excluding carboxylic acids is 1. The van der Waals surface area contributed by atoms with Crippen LogP contribution in [0, 0.1) is 11.2 Å². The van der Waals surface area contributed by atoms with Crippen molar-refractivity contribution < 1.29 is 31.9 Å². The molecule has 1 N–H and O–H groups in total. The topological polar surface area (TPSA) is 83.6 Å². The number of imidazole rings is 1. The van der Waals surface area contributed by atoms with Crippen molar-refractivity contribution in [2.24, 2.45) is 5.41 Å². The monoisotopic (exact) mass is 639 g/mol. The molecule has 8 nitrogen and oxygen atoms in total. The number of methoxy groups -OCH3 is 1. The van der Waals surface area contributed by atoms with Crippen molar-refractivity contribution in [3.05, 3.63) is 65.5 Å². The first kappa shape index (κ1) is 31.9. The number of halogens is 4.